The number of aryl methyl sites for hydroxylation is 1. The number of nitrogens with zero attached hydrogens (tertiary/aromatic N) is 2. The van der Waals surface area contributed by atoms with E-state index in [1.165, 1.54) is 17.2 Å². The summed E-state index contributed by atoms with van der Waals surface area (Å²) in [7, 11) is 1.72. The van der Waals surface area contributed by atoms with Gasteiger partial charge in [-0.25, -0.2) is 4.39 Å². The predicted octanol–water partition coefficient (Wildman–Crippen LogP) is 6.60. The van der Waals surface area contributed by atoms with Crippen LogP contribution in [-0.4, -0.2) is 44.7 Å². The Morgan fingerprint density at radius 3 is 2.29 bits per heavy atom. The van der Waals surface area contributed by atoms with Gasteiger partial charge in [-0.05, 0) is 54.3 Å². The minimum Gasteiger partial charge on any atom is -0.495 e. The number of piperazine rings is 1. The number of hydrogen-bond donors (Lipinski definition) is 0. The number of halogens is 1. The van der Waals surface area contributed by atoms with Gasteiger partial charge in [-0.1, -0.05) is 50.2 Å². The molecular weight excluding hydrogens is 439 g/mol. The van der Waals surface area contributed by atoms with Crippen molar-refractivity contribution in [2.45, 2.75) is 39.2 Å². The maximum atomic E-state index is 14.8. The average molecular weight is 477 g/mol. The number of para-hydroxylation sites is 2. The molecule has 0 saturated carbocycles. The Labute approximate surface area is 209 Å². The van der Waals surface area contributed by atoms with Crippen LogP contribution in [0.5, 0.6) is 11.5 Å². The second kappa shape index (κ2) is 11.6. The zero-order valence-electron chi connectivity index (χ0n) is 21.3. The molecule has 1 atom stereocenters. The minimum absolute atomic E-state index is 0.214. The van der Waals surface area contributed by atoms with Crippen molar-refractivity contribution in [2.75, 3.05) is 44.7 Å². The molecule has 0 amide bonds. The minimum atomic E-state index is -0.340. The van der Waals surface area contributed by atoms with Gasteiger partial charge in [0.15, 0.2) is 0 Å². The Kier molecular flexibility index (Phi) is 8.29. The summed E-state index contributed by atoms with van der Waals surface area (Å²) < 4.78 is 26.7. The highest BCUT2D eigenvalue weighted by molar-refractivity contribution is 5.58. The molecule has 1 heterocycles. The van der Waals surface area contributed by atoms with Gasteiger partial charge < -0.3 is 14.4 Å². The van der Waals surface area contributed by atoms with Gasteiger partial charge in [-0.2, -0.15) is 0 Å². The van der Waals surface area contributed by atoms with Crippen molar-refractivity contribution in [1.82, 2.24) is 4.90 Å². The van der Waals surface area contributed by atoms with E-state index in [-0.39, 0.29) is 11.9 Å². The third-order valence-corrected chi connectivity index (χ3v) is 6.90. The van der Waals surface area contributed by atoms with Crippen molar-refractivity contribution in [3.63, 3.8) is 0 Å². The summed E-state index contributed by atoms with van der Waals surface area (Å²) >= 11 is 0. The van der Waals surface area contributed by atoms with E-state index in [1.807, 2.05) is 30.3 Å². The second-order valence-corrected chi connectivity index (χ2v) is 9.59. The van der Waals surface area contributed by atoms with Crippen LogP contribution in [0.2, 0.25) is 0 Å². The summed E-state index contributed by atoms with van der Waals surface area (Å²) in [6, 6.07) is 21.4. The van der Waals surface area contributed by atoms with Crippen molar-refractivity contribution in [3.05, 3.63) is 89.2 Å². The molecule has 4 nitrogen and oxygen atoms in total. The second-order valence-electron chi connectivity index (χ2n) is 9.59. The fourth-order valence-corrected chi connectivity index (χ4v) is 4.95. The predicted molar refractivity (Wildman–Crippen MR) is 141 cm³/mol. The lowest BCUT2D eigenvalue weighted by Crippen LogP contribution is -2.47. The number of ether oxygens (including phenoxy) is 2. The fourth-order valence-electron chi connectivity index (χ4n) is 4.95. The summed E-state index contributed by atoms with van der Waals surface area (Å²) in [5, 5.41) is 0. The van der Waals surface area contributed by atoms with Gasteiger partial charge in [0.25, 0.3) is 0 Å². The van der Waals surface area contributed by atoms with Crippen molar-refractivity contribution in [1.29, 1.82) is 0 Å². The first-order chi connectivity index (χ1) is 17.0. The van der Waals surface area contributed by atoms with Gasteiger partial charge in [-0.3, -0.25) is 4.90 Å². The lowest BCUT2D eigenvalue weighted by atomic mass is 9.98. The van der Waals surface area contributed by atoms with Crippen molar-refractivity contribution >= 4 is 5.69 Å². The largest absolute Gasteiger partial charge is 0.495 e. The van der Waals surface area contributed by atoms with E-state index >= 15 is 0 Å². The molecule has 1 saturated heterocycles. The van der Waals surface area contributed by atoms with E-state index in [2.05, 4.69) is 54.8 Å². The van der Waals surface area contributed by atoms with Gasteiger partial charge in [0.2, 0.25) is 0 Å². The molecule has 0 aromatic heterocycles. The molecule has 0 aliphatic carbocycles. The molecule has 3 aromatic rings. The molecule has 4 rings (SSSR count). The summed E-state index contributed by atoms with van der Waals surface area (Å²) in [5.41, 5.74) is 4.28. The SMILES string of the molecule is COc1ccccc1N1CCN(CC[C@H](Oc2ccc(C(C)C)c(C)c2)c2ccccc2F)CC1. The Balaban J connectivity index is 1.42. The standard InChI is InChI=1S/C30H37FN2O2/c1-22(2)25-14-13-24(21-23(25)3)35-29(26-9-5-6-10-27(26)31)15-16-32-17-19-33(20-18-32)28-11-7-8-12-30(28)34-4/h5-14,21-22,29H,15-20H2,1-4H3/t29-/m0/s1. The third kappa shape index (κ3) is 6.15. The van der Waals surface area contributed by atoms with E-state index in [1.54, 1.807) is 13.2 Å². The molecule has 1 aliphatic heterocycles. The van der Waals surface area contributed by atoms with Crippen molar-refractivity contribution in [2.24, 2.45) is 0 Å². The summed E-state index contributed by atoms with van der Waals surface area (Å²) in [4.78, 5) is 4.81. The Bertz CT molecular complexity index is 1110. The summed E-state index contributed by atoms with van der Waals surface area (Å²) in [6.45, 7) is 11.1. The molecule has 1 aliphatic rings. The number of benzene rings is 3. The molecular formula is C30H37FN2O2. The monoisotopic (exact) mass is 476 g/mol. The van der Waals surface area contributed by atoms with Crippen LogP contribution < -0.4 is 14.4 Å². The highest BCUT2D eigenvalue weighted by Crippen LogP contribution is 2.31. The first-order valence-corrected chi connectivity index (χ1v) is 12.6. The quantitative estimate of drug-likeness (QED) is 0.347. The molecule has 0 unspecified atom stereocenters. The Morgan fingerprint density at radius 1 is 0.886 bits per heavy atom. The third-order valence-electron chi connectivity index (χ3n) is 6.90. The van der Waals surface area contributed by atoms with Crippen LogP contribution in [-0.2, 0) is 0 Å². The van der Waals surface area contributed by atoms with Crippen LogP contribution in [0.3, 0.4) is 0 Å². The van der Waals surface area contributed by atoms with E-state index in [9.17, 15) is 4.39 Å². The molecule has 3 aromatic carbocycles. The smallest absolute Gasteiger partial charge is 0.142 e. The lowest BCUT2D eigenvalue weighted by Gasteiger charge is -2.37. The first-order valence-electron chi connectivity index (χ1n) is 12.6. The van der Waals surface area contributed by atoms with Gasteiger partial charge >= 0.3 is 0 Å². The normalized spacial score (nSPS) is 15.3. The molecule has 0 spiro atoms. The molecule has 186 valence electrons. The molecule has 5 heteroatoms. The van der Waals surface area contributed by atoms with E-state index in [4.69, 9.17) is 9.47 Å². The van der Waals surface area contributed by atoms with E-state index < -0.39 is 0 Å². The van der Waals surface area contributed by atoms with Crippen LogP contribution in [0.15, 0.2) is 66.7 Å². The fraction of sp³-hybridized carbons (Fsp3) is 0.400. The molecule has 1 fully saturated rings. The first kappa shape index (κ1) is 25.1. The van der Waals surface area contributed by atoms with Crippen molar-refractivity contribution < 1.29 is 13.9 Å². The van der Waals surface area contributed by atoms with Gasteiger partial charge in [0, 0.05) is 44.7 Å². The molecule has 35 heavy (non-hydrogen) atoms. The van der Waals surface area contributed by atoms with Crippen LogP contribution >= 0.6 is 0 Å². The van der Waals surface area contributed by atoms with Crippen molar-refractivity contribution in [3.8, 4) is 11.5 Å². The topological polar surface area (TPSA) is 24.9 Å². The van der Waals surface area contributed by atoms with Crippen LogP contribution in [0.25, 0.3) is 0 Å². The van der Waals surface area contributed by atoms with Crippen LogP contribution in [0.1, 0.15) is 49.0 Å². The van der Waals surface area contributed by atoms with Gasteiger partial charge in [-0.15, -0.1) is 0 Å². The van der Waals surface area contributed by atoms with E-state index in [0.29, 0.717) is 11.5 Å². The van der Waals surface area contributed by atoms with E-state index in [0.717, 1.165) is 56.3 Å². The van der Waals surface area contributed by atoms with Gasteiger partial charge in [0.05, 0.1) is 12.8 Å². The maximum absolute atomic E-state index is 14.8. The summed E-state index contributed by atoms with van der Waals surface area (Å²) in [5.74, 6) is 1.95. The highest BCUT2D eigenvalue weighted by atomic mass is 19.1. The average Bonchev–Trinajstić information content (AvgIpc) is 2.87. The molecule has 0 N–H and O–H groups in total. The number of rotatable bonds is 9. The number of hydrogen-bond acceptors (Lipinski definition) is 4. The maximum Gasteiger partial charge on any atom is 0.142 e. The number of anilines is 1. The number of methoxy groups -OCH3 is 1. The summed E-state index contributed by atoms with van der Waals surface area (Å²) in [6.07, 6.45) is 0.383. The molecule has 0 bridgehead atoms. The Morgan fingerprint density at radius 2 is 1.60 bits per heavy atom. The van der Waals surface area contributed by atoms with Crippen LogP contribution in [0, 0.1) is 12.7 Å². The Hall–Kier alpha value is -3.05. The lowest BCUT2D eigenvalue weighted by molar-refractivity contribution is 0.156. The van der Waals surface area contributed by atoms with Gasteiger partial charge in [0.1, 0.15) is 23.4 Å². The molecule has 0 radical (unpaired) electrons. The highest BCUT2D eigenvalue weighted by Gasteiger charge is 2.23. The zero-order chi connectivity index (χ0) is 24.8. The zero-order valence-corrected chi connectivity index (χ0v) is 21.3. The van der Waals surface area contributed by atoms with Crippen LogP contribution in [0.4, 0.5) is 10.1 Å².